The Morgan fingerprint density at radius 2 is 1.56 bits per heavy atom. The van der Waals surface area contributed by atoms with Crippen molar-refractivity contribution in [3.05, 3.63) is 28.7 Å². The molecule has 1 aromatic rings. The van der Waals surface area contributed by atoms with Crippen LogP contribution in [0.1, 0.15) is 0 Å². The van der Waals surface area contributed by atoms with Crippen LogP contribution in [0.4, 0.5) is 0 Å². The van der Waals surface area contributed by atoms with Crippen LogP contribution < -0.4 is 28.1 Å². The van der Waals surface area contributed by atoms with Gasteiger partial charge in [-0.1, -0.05) is 0 Å². The first kappa shape index (κ1) is 10.1. The first-order valence-corrected chi connectivity index (χ1v) is 4.64. The second kappa shape index (κ2) is 4.81. The van der Waals surface area contributed by atoms with E-state index < -0.39 is 0 Å². The van der Waals surface area contributed by atoms with Crippen molar-refractivity contribution in [2.24, 2.45) is 0 Å². The van der Waals surface area contributed by atoms with E-state index >= 15 is 0 Å². The molecule has 0 nitrogen and oxygen atoms in total. The molecule has 0 aliphatic rings. The molecule has 0 saturated carbocycles. The van der Waals surface area contributed by atoms with Gasteiger partial charge in [-0.15, -0.1) is 0 Å². The van der Waals surface area contributed by atoms with Gasteiger partial charge in [-0.2, -0.15) is 0 Å². The molecule has 0 fully saturated rings. The minimum atomic E-state index is 0. The van der Waals surface area contributed by atoms with Gasteiger partial charge in [0.2, 0.25) is 0 Å². The molecular formula is C6H4BrIZn. The Morgan fingerprint density at radius 1 is 1.11 bits per heavy atom. The molecule has 9 heavy (non-hydrogen) atoms. The number of rotatable bonds is 0. The molecule has 1 aromatic carbocycles. The van der Waals surface area contributed by atoms with Crippen molar-refractivity contribution < 1.29 is 42.3 Å². The Hall–Kier alpha value is 1.05. The van der Waals surface area contributed by atoms with Gasteiger partial charge in [0.15, 0.2) is 0 Å². The summed E-state index contributed by atoms with van der Waals surface area (Å²) in [6.45, 7) is 0. The second-order valence-electron chi connectivity index (χ2n) is 1.63. The molecular weight excluding hydrogens is 344 g/mol. The predicted octanol–water partition coefficient (Wildman–Crippen LogP) is -1.37. The quantitative estimate of drug-likeness (QED) is 0.401. The van der Waals surface area contributed by atoms with Crippen molar-refractivity contribution in [2.75, 3.05) is 0 Å². The molecule has 0 aromatic heterocycles. The normalized spacial score (nSPS) is 8.33. The van der Waals surface area contributed by atoms with E-state index in [0.29, 0.717) is 0 Å². The summed E-state index contributed by atoms with van der Waals surface area (Å²) in [5.74, 6) is 0. The second-order valence-corrected chi connectivity index (χ2v) is 4.26. The fraction of sp³-hybridized carbons (Fsp3) is 0. The van der Waals surface area contributed by atoms with Gasteiger partial charge < -0.3 is 24.0 Å². The average molecular weight is 348 g/mol. The maximum atomic E-state index is 3.36. The average Bonchev–Trinajstić information content (AvgIpc) is 1.77. The maximum absolute atomic E-state index is 3.36. The van der Waals surface area contributed by atoms with E-state index in [1.54, 1.807) is 0 Å². The summed E-state index contributed by atoms with van der Waals surface area (Å²) in [6, 6.07) is 8.39. The fourth-order valence-electron chi connectivity index (χ4n) is 0.484. The third kappa shape index (κ3) is 3.69. The van der Waals surface area contributed by atoms with Gasteiger partial charge >= 0.3 is 67.1 Å². The van der Waals surface area contributed by atoms with Gasteiger partial charge in [-0.05, 0) is 0 Å². The summed E-state index contributed by atoms with van der Waals surface area (Å²) >= 11 is 4.60. The van der Waals surface area contributed by atoms with Gasteiger partial charge in [-0.25, -0.2) is 0 Å². The standard InChI is InChI=1S/C6H4Br.HI.Zn/c7-6-4-2-1-3-5-6;;/h2-5H;1H;/q;;+1/p-1. The van der Waals surface area contributed by atoms with E-state index in [9.17, 15) is 0 Å². The zero-order chi connectivity index (χ0) is 5.98. The fourth-order valence-corrected chi connectivity index (χ4v) is 1.24. The monoisotopic (exact) mass is 346 g/mol. The Balaban J connectivity index is 0.000000640. The molecule has 0 radical (unpaired) electrons. The molecule has 0 atom stereocenters. The first-order valence-electron chi connectivity index (χ1n) is 2.36. The van der Waals surface area contributed by atoms with E-state index in [1.165, 1.54) is 22.5 Å². The van der Waals surface area contributed by atoms with Crippen molar-refractivity contribution >= 4 is 20.1 Å². The number of hydrogen-bond donors (Lipinski definition) is 0. The van der Waals surface area contributed by atoms with Crippen LogP contribution in [0.2, 0.25) is 0 Å². The molecule has 0 saturated heterocycles. The predicted molar refractivity (Wildman–Crippen MR) is 33.8 cm³/mol. The van der Waals surface area contributed by atoms with Crippen LogP contribution in [-0.2, 0) is 18.3 Å². The van der Waals surface area contributed by atoms with Gasteiger partial charge in [0.05, 0.1) is 0 Å². The van der Waals surface area contributed by atoms with Crippen LogP contribution in [0, 0.1) is 0 Å². The summed E-state index contributed by atoms with van der Waals surface area (Å²) in [5.41, 5.74) is 0. The van der Waals surface area contributed by atoms with E-state index in [1.807, 2.05) is 0 Å². The van der Waals surface area contributed by atoms with Crippen LogP contribution in [-0.4, -0.2) is 0 Å². The number of halogens is 2. The van der Waals surface area contributed by atoms with Gasteiger partial charge in [0, 0.05) is 0 Å². The summed E-state index contributed by atoms with van der Waals surface area (Å²) in [7, 11) is 0. The molecule has 0 N–H and O–H groups in total. The minimum absolute atomic E-state index is 0. The summed E-state index contributed by atoms with van der Waals surface area (Å²) in [4.78, 5) is 0. The zero-order valence-electron chi connectivity index (χ0n) is 4.77. The van der Waals surface area contributed by atoms with Crippen molar-refractivity contribution in [1.29, 1.82) is 0 Å². The number of benzene rings is 1. The number of hydrogen-bond acceptors (Lipinski definition) is 0. The molecule has 1 rings (SSSR count). The zero-order valence-corrected chi connectivity index (χ0v) is 11.5. The van der Waals surface area contributed by atoms with Gasteiger partial charge in [0.1, 0.15) is 0 Å². The molecule has 0 bridgehead atoms. The van der Waals surface area contributed by atoms with Crippen LogP contribution in [0.15, 0.2) is 28.7 Å². The molecule has 0 spiro atoms. The van der Waals surface area contributed by atoms with Crippen LogP contribution in [0.5, 0.6) is 0 Å². The first-order chi connectivity index (χ1) is 3.79. The molecule has 44 valence electrons. The van der Waals surface area contributed by atoms with Gasteiger partial charge in [-0.3, -0.25) is 0 Å². The van der Waals surface area contributed by atoms with Crippen molar-refractivity contribution in [2.45, 2.75) is 0 Å². The Labute approximate surface area is 90.2 Å². The molecule has 3 heteroatoms. The van der Waals surface area contributed by atoms with Crippen LogP contribution >= 0.6 is 15.9 Å². The van der Waals surface area contributed by atoms with E-state index in [-0.39, 0.29) is 24.0 Å². The van der Waals surface area contributed by atoms with E-state index in [4.69, 9.17) is 0 Å². The molecule has 0 unspecified atom stereocenters. The van der Waals surface area contributed by atoms with Gasteiger partial charge in [0.25, 0.3) is 0 Å². The third-order valence-corrected chi connectivity index (χ3v) is 2.43. The molecule has 0 aliphatic heterocycles. The Morgan fingerprint density at radius 3 is 1.89 bits per heavy atom. The van der Waals surface area contributed by atoms with Crippen molar-refractivity contribution in [1.82, 2.24) is 0 Å². The summed E-state index contributed by atoms with van der Waals surface area (Å²) in [5, 5.41) is 0. The van der Waals surface area contributed by atoms with Crippen LogP contribution in [0.25, 0.3) is 0 Å². The van der Waals surface area contributed by atoms with Crippen LogP contribution in [0.3, 0.4) is 0 Å². The molecule has 0 aliphatic carbocycles. The third-order valence-electron chi connectivity index (χ3n) is 0.913. The van der Waals surface area contributed by atoms with Crippen molar-refractivity contribution in [3.63, 3.8) is 0 Å². The SMILES string of the molecule is [I-].[Zn+][c]1ccc(Br)cc1. The molecule has 0 heterocycles. The Bertz CT molecular complexity index is 152. The summed E-state index contributed by atoms with van der Waals surface area (Å²) < 4.78 is 2.59. The van der Waals surface area contributed by atoms with E-state index in [2.05, 4.69) is 40.2 Å². The van der Waals surface area contributed by atoms with E-state index in [0.717, 1.165) is 4.47 Å². The topological polar surface area (TPSA) is 0 Å². The van der Waals surface area contributed by atoms with Crippen molar-refractivity contribution in [3.8, 4) is 0 Å². The Kier molecular flexibility index (Phi) is 5.37. The molecule has 0 amide bonds. The summed E-state index contributed by atoms with van der Waals surface area (Å²) in [6.07, 6.45) is 0.